The van der Waals surface area contributed by atoms with Crippen LogP contribution < -0.4 is 14.4 Å². The number of hydrogen-bond donors (Lipinski definition) is 2. The number of carbonyl (C=O) groups excluding carboxylic acids is 2. The Kier molecular flexibility index (Phi) is 6.26. The van der Waals surface area contributed by atoms with Crippen molar-refractivity contribution in [3.8, 4) is 11.5 Å². The molecule has 1 aliphatic rings. The van der Waals surface area contributed by atoms with Gasteiger partial charge in [-0.15, -0.1) is 0 Å². The third kappa shape index (κ3) is 3.96. The van der Waals surface area contributed by atoms with E-state index in [1.54, 1.807) is 30.3 Å². The van der Waals surface area contributed by atoms with E-state index in [4.69, 9.17) is 32.7 Å². The largest absolute Gasteiger partial charge is 0.507 e. The molecule has 1 amide bonds. The van der Waals surface area contributed by atoms with Gasteiger partial charge in [0.05, 0.1) is 47.5 Å². The Morgan fingerprint density at radius 1 is 1.05 bits per heavy atom. The number of benzene rings is 3. The van der Waals surface area contributed by atoms with E-state index in [0.717, 1.165) is 4.90 Å². The number of carbonyl (C=O) groups is 2. The number of nitrogens with zero attached hydrogens (tertiary/aromatic N) is 2. The molecular weight excluding hydrogens is 524 g/mol. The van der Waals surface area contributed by atoms with E-state index in [0.29, 0.717) is 16.6 Å². The van der Waals surface area contributed by atoms with Gasteiger partial charge < -0.3 is 19.6 Å². The average molecular weight is 542 g/mol. The topological polar surface area (TPSA) is 105 Å². The van der Waals surface area contributed by atoms with Crippen molar-refractivity contribution in [1.82, 2.24) is 9.97 Å². The Morgan fingerprint density at radius 3 is 2.43 bits per heavy atom. The fourth-order valence-electron chi connectivity index (χ4n) is 4.38. The molecule has 5 rings (SSSR count). The van der Waals surface area contributed by atoms with Crippen LogP contribution in [0.2, 0.25) is 10.0 Å². The molecule has 2 N–H and O–H groups in total. The zero-order valence-electron chi connectivity index (χ0n) is 19.4. The Bertz CT molecular complexity index is 1600. The molecule has 37 heavy (non-hydrogen) atoms. The number of imidazole rings is 1. The number of Topliss-reactive ketones (excluding diaryl/α,β-unsaturated/α-hetero) is 1. The normalized spacial score (nSPS) is 17.0. The van der Waals surface area contributed by atoms with Gasteiger partial charge in [-0.3, -0.25) is 14.5 Å². The molecule has 0 saturated carbocycles. The second-order valence-corrected chi connectivity index (χ2v) is 8.87. The first-order valence-corrected chi connectivity index (χ1v) is 11.6. The number of ketones is 1. The number of aliphatic hydroxyl groups is 1. The molecule has 1 atom stereocenters. The van der Waals surface area contributed by atoms with Crippen LogP contribution in [0.3, 0.4) is 0 Å². The molecule has 1 saturated heterocycles. The number of anilines is 1. The number of fused-ring (bicyclic) bond motifs is 1. The van der Waals surface area contributed by atoms with Crippen LogP contribution in [0.15, 0.2) is 60.2 Å². The number of halogens is 3. The second kappa shape index (κ2) is 9.42. The van der Waals surface area contributed by atoms with Crippen LogP contribution in [-0.4, -0.2) is 41.0 Å². The number of hydrogen-bond acceptors (Lipinski definition) is 6. The number of aromatic nitrogens is 2. The van der Waals surface area contributed by atoms with Gasteiger partial charge in [0.2, 0.25) is 5.95 Å². The van der Waals surface area contributed by atoms with Crippen LogP contribution in [0, 0.1) is 5.82 Å². The Labute approximate surface area is 219 Å². The van der Waals surface area contributed by atoms with Crippen molar-refractivity contribution >= 4 is 57.6 Å². The quantitative estimate of drug-likeness (QED) is 0.192. The van der Waals surface area contributed by atoms with Crippen molar-refractivity contribution in [2.75, 3.05) is 19.1 Å². The molecule has 1 aliphatic heterocycles. The van der Waals surface area contributed by atoms with E-state index in [1.807, 2.05) is 0 Å². The first-order valence-electron chi connectivity index (χ1n) is 10.9. The standard InChI is InChI=1S/C26H18Cl2FN3O5/c1-36-23-14(11-15(27)24(37-2)19(23)28)21(33)18-20(12-6-4-3-5-7-12)32(25(35)22(18)34)26-30-16-9-8-13(29)10-17(16)31-26/h3-11,20,33H,1-2H3,(H,30,31)/b21-18+. The highest BCUT2D eigenvalue weighted by Crippen LogP contribution is 2.47. The lowest BCUT2D eigenvalue weighted by atomic mass is 9.95. The third-order valence-corrected chi connectivity index (χ3v) is 6.64. The van der Waals surface area contributed by atoms with Crippen LogP contribution in [0.1, 0.15) is 17.2 Å². The van der Waals surface area contributed by atoms with Gasteiger partial charge in [0.1, 0.15) is 16.6 Å². The molecule has 3 aromatic carbocycles. The monoisotopic (exact) mass is 541 g/mol. The summed E-state index contributed by atoms with van der Waals surface area (Å²) in [6.07, 6.45) is 0. The minimum atomic E-state index is -1.09. The number of ether oxygens (including phenoxy) is 2. The van der Waals surface area contributed by atoms with Crippen LogP contribution in [0.4, 0.5) is 10.3 Å². The molecule has 2 heterocycles. The highest BCUT2D eigenvalue weighted by atomic mass is 35.5. The molecule has 1 fully saturated rings. The van der Waals surface area contributed by atoms with Gasteiger partial charge in [0.25, 0.3) is 5.78 Å². The third-order valence-electron chi connectivity index (χ3n) is 6.01. The van der Waals surface area contributed by atoms with Crippen molar-refractivity contribution in [2.45, 2.75) is 6.04 Å². The molecule has 0 aliphatic carbocycles. The van der Waals surface area contributed by atoms with E-state index in [-0.39, 0.29) is 38.6 Å². The Morgan fingerprint density at radius 2 is 1.76 bits per heavy atom. The summed E-state index contributed by atoms with van der Waals surface area (Å²) in [7, 11) is 2.69. The minimum Gasteiger partial charge on any atom is -0.507 e. The second-order valence-electron chi connectivity index (χ2n) is 8.09. The van der Waals surface area contributed by atoms with Gasteiger partial charge in [-0.2, -0.15) is 0 Å². The number of rotatable bonds is 5. The lowest BCUT2D eigenvalue weighted by Gasteiger charge is -2.23. The summed E-state index contributed by atoms with van der Waals surface area (Å²) >= 11 is 12.7. The average Bonchev–Trinajstić information content (AvgIpc) is 3.41. The van der Waals surface area contributed by atoms with Crippen molar-refractivity contribution < 1.29 is 28.6 Å². The van der Waals surface area contributed by atoms with Crippen molar-refractivity contribution in [2.24, 2.45) is 0 Å². The van der Waals surface area contributed by atoms with Crippen LogP contribution in [0.25, 0.3) is 16.8 Å². The van der Waals surface area contributed by atoms with E-state index in [1.165, 1.54) is 38.5 Å². The van der Waals surface area contributed by atoms with E-state index >= 15 is 0 Å². The summed E-state index contributed by atoms with van der Waals surface area (Å²) in [6.45, 7) is 0. The maximum absolute atomic E-state index is 13.8. The van der Waals surface area contributed by atoms with Gasteiger partial charge in [-0.1, -0.05) is 53.5 Å². The highest BCUT2D eigenvalue weighted by molar-refractivity contribution is 6.51. The SMILES string of the molecule is COc1c(Cl)cc(/C(O)=C2\C(=O)C(=O)N(c3nc4ccc(F)cc4[nH]3)C2c2ccccc2)c(OC)c1Cl. The van der Waals surface area contributed by atoms with Crippen molar-refractivity contribution in [3.05, 3.63) is 87.2 Å². The lowest BCUT2D eigenvalue weighted by Crippen LogP contribution is -2.30. The zero-order valence-corrected chi connectivity index (χ0v) is 20.9. The predicted molar refractivity (Wildman–Crippen MR) is 137 cm³/mol. The van der Waals surface area contributed by atoms with Gasteiger partial charge >= 0.3 is 5.91 Å². The summed E-state index contributed by atoms with van der Waals surface area (Å²) < 4.78 is 24.4. The first kappa shape index (κ1) is 24.6. The summed E-state index contributed by atoms with van der Waals surface area (Å²) in [5.41, 5.74) is 0.988. The number of aromatic amines is 1. The molecule has 0 spiro atoms. The van der Waals surface area contributed by atoms with Gasteiger partial charge in [-0.05, 0) is 29.8 Å². The van der Waals surface area contributed by atoms with Crippen molar-refractivity contribution in [3.63, 3.8) is 0 Å². The molecule has 188 valence electrons. The number of methoxy groups -OCH3 is 2. The Hall–Kier alpha value is -4.08. The maximum atomic E-state index is 13.8. The first-order chi connectivity index (χ1) is 17.8. The van der Waals surface area contributed by atoms with Gasteiger partial charge in [0.15, 0.2) is 11.5 Å². The van der Waals surface area contributed by atoms with Crippen LogP contribution >= 0.6 is 23.2 Å². The molecular formula is C26H18Cl2FN3O5. The molecule has 11 heteroatoms. The molecule has 1 aromatic heterocycles. The fraction of sp³-hybridized carbons (Fsp3) is 0.115. The molecule has 8 nitrogen and oxygen atoms in total. The smallest absolute Gasteiger partial charge is 0.302 e. The maximum Gasteiger partial charge on any atom is 0.302 e. The fourth-order valence-corrected chi connectivity index (χ4v) is 5.06. The Balaban J connectivity index is 1.77. The highest BCUT2D eigenvalue weighted by Gasteiger charge is 2.48. The molecule has 0 bridgehead atoms. The summed E-state index contributed by atoms with van der Waals surface area (Å²) in [5.74, 6) is -2.84. The van der Waals surface area contributed by atoms with Gasteiger partial charge in [0, 0.05) is 0 Å². The van der Waals surface area contributed by atoms with Crippen molar-refractivity contribution in [1.29, 1.82) is 0 Å². The number of amides is 1. The molecule has 4 aromatic rings. The molecule has 1 unspecified atom stereocenters. The zero-order chi connectivity index (χ0) is 26.4. The summed E-state index contributed by atoms with van der Waals surface area (Å²) in [4.78, 5) is 35.2. The summed E-state index contributed by atoms with van der Waals surface area (Å²) in [5, 5.41) is 11.5. The van der Waals surface area contributed by atoms with E-state index < -0.39 is 29.3 Å². The van der Waals surface area contributed by atoms with Crippen LogP contribution in [0.5, 0.6) is 11.5 Å². The lowest BCUT2D eigenvalue weighted by molar-refractivity contribution is -0.132. The van der Waals surface area contributed by atoms with Gasteiger partial charge in [-0.25, -0.2) is 9.37 Å². The number of aliphatic hydroxyl groups excluding tert-OH is 1. The van der Waals surface area contributed by atoms with Crippen LogP contribution in [-0.2, 0) is 9.59 Å². The van der Waals surface area contributed by atoms with E-state index in [9.17, 15) is 19.1 Å². The number of H-pyrrole nitrogens is 1. The predicted octanol–water partition coefficient (Wildman–Crippen LogP) is 5.65. The summed E-state index contributed by atoms with van der Waals surface area (Å²) in [6, 6.07) is 12.8. The van der Waals surface area contributed by atoms with E-state index in [2.05, 4.69) is 9.97 Å². The minimum absolute atomic E-state index is 0.00219. The number of nitrogens with one attached hydrogen (secondary N) is 1. The molecule has 0 radical (unpaired) electrons.